The molecule has 1 fully saturated rings. The van der Waals surface area contributed by atoms with Gasteiger partial charge in [0.1, 0.15) is 5.69 Å². The smallest absolute Gasteiger partial charge is 0.475 e. The number of amides is 1. The van der Waals surface area contributed by atoms with E-state index in [2.05, 4.69) is 15.1 Å². The van der Waals surface area contributed by atoms with Gasteiger partial charge in [-0.25, -0.2) is 9.78 Å². The number of ether oxygens (including phenoxy) is 1. The molecule has 2 aromatic heterocycles. The lowest BCUT2D eigenvalue weighted by Crippen LogP contribution is -2.43. The molecule has 1 amide bonds. The van der Waals surface area contributed by atoms with Crippen molar-refractivity contribution in [1.29, 1.82) is 0 Å². The van der Waals surface area contributed by atoms with Crippen molar-refractivity contribution < 1.29 is 32.6 Å². The molecule has 1 aliphatic carbocycles. The number of fused-ring (bicyclic) bond motifs is 1. The number of halogens is 3. The summed E-state index contributed by atoms with van der Waals surface area (Å²) in [4.78, 5) is 31.8. The largest absolute Gasteiger partial charge is 0.490 e. The number of hydrogen-bond acceptors (Lipinski definition) is 6. The predicted octanol–water partition coefficient (Wildman–Crippen LogP) is 2.01. The first-order valence-electron chi connectivity index (χ1n) is 9.64. The maximum atomic E-state index is 12.9. The number of carbonyl (C=O) groups excluding carboxylic acids is 1. The first-order valence-corrected chi connectivity index (χ1v) is 9.64. The van der Waals surface area contributed by atoms with E-state index >= 15 is 0 Å². The third-order valence-corrected chi connectivity index (χ3v) is 4.99. The van der Waals surface area contributed by atoms with Crippen LogP contribution in [0.4, 0.5) is 13.2 Å². The van der Waals surface area contributed by atoms with Gasteiger partial charge >= 0.3 is 12.1 Å². The normalized spacial score (nSPS) is 18.1. The monoisotopic (exact) mass is 441 g/mol. The highest BCUT2D eigenvalue weighted by Crippen LogP contribution is 2.33. The summed E-state index contributed by atoms with van der Waals surface area (Å²) >= 11 is 0. The van der Waals surface area contributed by atoms with Crippen LogP contribution in [-0.4, -0.2) is 67.6 Å². The molecule has 0 aromatic carbocycles. The zero-order valence-electron chi connectivity index (χ0n) is 16.7. The highest BCUT2D eigenvalue weighted by Gasteiger charge is 2.38. The summed E-state index contributed by atoms with van der Waals surface area (Å²) < 4.78 is 39.5. The van der Waals surface area contributed by atoms with Crippen LogP contribution >= 0.6 is 0 Å². The molecule has 0 saturated heterocycles. The van der Waals surface area contributed by atoms with E-state index in [9.17, 15) is 18.0 Å². The molecule has 1 atom stereocenters. The zero-order chi connectivity index (χ0) is 22.6. The Morgan fingerprint density at radius 2 is 1.94 bits per heavy atom. The van der Waals surface area contributed by atoms with E-state index in [1.807, 2.05) is 22.8 Å². The van der Waals surface area contributed by atoms with Crippen molar-refractivity contribution in [2.75, 3.05) is 19.8 Å². The van der Waals surface area contributed by atoms with Gasteiger partial charge in [-0.05, 0) is 30.7 Å². The average molecular weight is 441 g/mol. The number of aromatic nitrogens is 4. The van der Waals surface area contributed by atoms with Gasteiger partial charge in [-0.3, -0.25) is 14.5 Å². The number of carboxylic acid groups (broad SMARTS) is 1. The van der Waals surface area contributed by atoms with Crippen molar-refractivity contribution in [1.82, 2.24) is 24.6 Å². The van der Waals surface area contributed by atoms with Crippen LogP contribution in [0.3, 0.4) is 0 Å². The zero-order valence-corrected chi connectivity index (χ0v) is 16.7. The van der Waals surface area contributed by atoms with E-state index in [0.29, 0.717) is 24.8 Å². The summed E-state index contributed by atoms with van der Waals surface area (Å²) in [5.41, 5.74) is 2.63. The van der Waals surface area contributed by atoms with E-state index in [-0.39, 0.29) is 11.9 Å². The first kappa shape index (κ1) is 22.7. The Morgan fingerprint density at radius 3 is 2.52 bits per heavy atom. The van der Waals surface area contributed by atoms with E-state index in [1.165, 1.54) is 24.6 Å². The number of rotatable bonds is 5. The average Bonchev–Trinajstić information content (AvgIpc) is 3.49. The molecule has 0 radical (unpaired) electrons. The van der Waals surface area contributed by atoms with Gasteiger partial charge in [0.05, 0.1) is 30.7 Å². The van der Waals surface area contributed by atoms with Crippen molar-refractivity contribution in [3.05, 3.63) is 41.7 Å². The number of hydrogen-bond donors (Lipinski definition) is 1. The van der Waals surface area contributed by atoms with E-state index in [1.54, 1.807) is 12.4 Å². The molecule has 12 heteroatoms. The van der Waals surface area contributed by atoms with Crippen LogP contribution in [0.1, 0.15) is 40.6 Å². The molecule has 2 aromatic rings. The summed E-state index contributed by atoms with van der Waals surface area (Å²) in [6, 6.07) is -0.130. The minimum absolute atomic E-state index is 0.102. The summed E-state index contributed by atoms with van der Waals surface area (Å²) in [6.45, 7) is 1.91. The SMILES string of the molecule is Cn1ncc2c1C(COCC1CC1)N(C(=O)c1cnccn1)CC2.O=C(O)C(F)(F)F. The molecule has 0 spiro atoms. The summed E-state index contributed by atoms with van der Waals surface area (Å²) in [5, 5.41) is 11.5. The maximum Gasteiger partial charge on any atom is 0.490 e. The van der Waals surface area contributed by atoms with Crippen LogP contribution in [0, 0.1) is 5.92 Å². The number of aryl methyl sites for hydroxylation is 1. The van der Waals surface area contributed by atoms with Gasteiger partial charge < -0.3 is 14.7 Å². The van der Waals surface area contributed by atoms with Crippen LogP contribution in [0.25, 0.3) is 0 Å². The molecule has 4 rings (SSSR count). The molecule has 1 unspecified atom stereocenters. The highest BCUT2D eigenvalue weighted by molar-refractivity contribution is 5.92. The van der Waals surface area contributed by atoms with Crippen LogP contribution in [0.15, 0.2) is 24.8 Å². The Kier molecular flexibility index (Phi) is 6.88. The molecule has 31 heavy (non-hydrogen) atoms. The Labute approximate surface area is 175 Å². The number of carbonyl (C=O) groups is 2. The van der Waals surface area contributed by atoms with Crippen molar-refractivity contribution >= 4 is 11.9 Å². The molecule has 9 nitrogen and oxygen atoms in total. The minimum atomic E-state index is -5.08. The molecule has 0 bridgehead atoms. The van der Waals surface area contributed by atoms with Gasteiger partial charge in [-0.2, -0.15) is 18.3 Å². The lowest BCUT2D eigenvalue weighted by molar-refractivity contribution is -0.192. The van der Waals surface area contributed by atoms with Gasteiger partial charge in [0.15, 0.2) is 0 Å². The van der Waals surface area contributed by atoms with Gasteiger partial charge in [-0.15, -0.1) is 0 Å². The Hall–Kier alpha value is -3.02. The highest BCUT2D eigenvalue weighted by atomic mass is 19.4. The minimum Gasteiger partial charge on any atom is -0.475 e. The van der Waals surface area contributed by atoms with Crippen molar-refractivity contribution in [2.24, 2.45) is 13.0 Å². The second-order valence-corrected chi connectivity index (χ2v) is 7.32. The second-order valence-electron chi connectivity index (χ2n) is 7.32. The standard InChI is InChI=1S/C17H21N5O2.C2HF3O2/c1-21-16-13(8-20-21)4-7-22(15(16)11-24-10-12-2-3-12)17(23)14-9-18-5-6-19-14;3-2(4,5)1(6)7/h5-6,8-9,12,15H,2-4,7,10-11H2,1H3;(H,6,7). The lowest BCUT2D eigenvalue weighted by Gasteiger charge is -2.35. The summed E-state index contributed by atoms with van der Waals surface area (Å²) in [6.07, 6.45) is 4.76. The first-order chi connectivity index (χ1) is 14.7. The van der Waals surface area contributed by atoms with Crippen molar-refractivity contribution in [3.8, 4) is 0 Å². The number of alkyl halides is 3. The Balaban J connectivity index is 0.000000339. The van der Waals surface area contributed by atoms with E-state index < -0.39 is 12.1 Å². The Bertz CT molecular complexity index is 915. The fourth-order valence-corrected chi connectivity index (χ4v) is 3.26. The molecular weight excluding hydrogens is 419 g/mol. The van der Waals surface area contributed by atoms with Gasteiger partial charge in [0, 0.05) is 32.6 Å². The Morgan fingerprint density at radius 1 is 1.23 bits per heavy atom. The third kappa shape index (κ3) is 5.78. The fourth-order valence-electron chi connectivity index (χ4n) is 3.26. The predicted molar refractivity (Wildman–Crippen MR) is 100.0 cm³/mol. The van der Waals surface area contributed by atoms with E-state index in [0.717, 1.165) is 18.7 Å². The molecule has 1 aliphatic heterocycles. The quantitative estimate of drug-likeness (QED) is 0.756. The molecule has 3 heterocycles. The van der Waals surface area contributed by atoms with Gasteiger partial charge in [0.2, 0.25) is 0 Å². The lowest BCUT2D eigenvalue weighted by atomic mass is 9.99. The molecule has 2 aliphatic rings. The summed E-state index contributed by atoms with van der Waals surface area (Å²) in [5.74, 6) is -2.16. The molecule has 168 valence electrons. The van der Waals surface area contributed by atoms with Crippen molar-refractivity contribution in [3.63, 3.8) is 0 Å². The second kappa shape index (κ2) is 9.41. The summed E-state index contributed by atoms with van der Waals surface area (Å²) in [7, 11) is 1.92. The maximum absolute atomic E-state index is 12.9. The van der Waals surface area contributed by atoms with E-state index in [4.69, 9.17) is 14.6 Å². The van der Waals surface area contributed by atoms with Crippen molar-refractivity contribution in [2.45, 2.75) is 31.5 Å². The van der Waals surface area contributed by atoms with Crippen LogP contribution in [-0.2, 0) is 23.0 Å². The van der Waals surface area contributed by atoms with Crippen LogP contribution in [0.5, 0.6) is 0 Å². The van der Waals surface area contributed by atoms with Crippen LogP contribution in [0.2, 0.25) is 0 Å². The van der Waals surface area contributed by atoms with Gasteiger partial charge in [0.25, 0.3) is 5.91 Å². The van der Waals surface area contributed by atoms with Crippen LogP contribution < -0.4 is 0 Å². The third-order valence-electron chi connectivity index (χ3n) is 4.99. The molecule has 1 saturated carbocycles. The molecule has 1 N–H and O–H groups in total. The topological polar surface area (TPSA) is 110 Å². The number of carboxylic acids is 1. The number of aliphatic carboxylic acids is 1. The number of nitrogens with zero attached hydrogens (tertiary/aromatic N) is 5. The fraction of sp³-hybridized carbons (Fsp3) is 0.526. The van der Waals surface area contributed by atoms with Gasteiger partial charge in [-0.1, -0.05) is 0 Å². The molecular formula is C19H22F3N5O4.